The number of methoxy groups -OCH3 is 6. The highest BCUT2D eigenvalue weighted by Gasteiger charge is 2.39. The second-order valence-electron chi connectivity index (χ2n) is 7.54. The first-order chi connectivity index (χ1) is 19.8. The minimum Gasteiger partial charge on any atom is -0.468 e. The average molecular weight is 663 g/mol. The van der Waals surface area contributed by atoms with Crippen LogP contribution in [0.4, 0.5) is 0 Å². The fourth-order valence-electron chi connectivity index (χ4n) is 2.64. The number of carbonyl (C=O) groups excluding carboxylic acids is 6. The number of rotatable bonds is 18. The Kier molecular flexibility index (Phi) is 16.0. The van der Waals surface area contributed by atoms with Crippen LogP contribution in [0.15, 0.2) is 13.5 Å². The monoisotopic (exact) mass is 663 g/mol. The van der Waals surface area contributed by atoms with Gasteiger partial charge in [0.1, 0.15) is 39.3 Å². The Morgan fingerprint density at radius 2 is 0.524 bits per heavy atom. The SMILES string of the molecule is COC(=O)CNP1(NCC(=O)OC)=NP(NCC(=O)OC)(NCC(=O)OC)=NP(NCC(=O)OC)(NCC(=O)OC)=N1. The van der Waals surface area contributed by atoms with Gasteiger partial charge >= 0.3 is 35.8 Å². The Morgan fingerprint density at radius 1 is 0.381 bits per heavy atom. The molecular weight excluding hydrogens is 627 g/mol. The topological polar surface area (TPSA) is 267 Å². The molecule has 0 spiro atoms. The number of hydrogen-bond acceptors (Lipinski definition) is 21. The lowest BCUT2D eigenvalue weighted by Gasteiger charge is -2.37. The molecule has 0 aromatic rings. The van der Waals surface area contributed by atoms with Crippen LogP contribution in [-0.4, -0.2) is 118 Å². The van der Waals surface area contributed by atoms with E-state index in [-0.39, 0.29) is 0 Å². The minimum atomic E-state index is -3.75. The van der Waals surface area contributed by atoms with Gasteiger partial charge in [-0.05, 0) is 0 Å². The van der Waals surface area contributed by atoms with Crippen LogP contribution in [-0.2, 0) is 57.2 Å². The van der Waals surface area contributed by atoms with Crippen molar-refractivity contribution in [3.05, 3.63) is 0 Å². The Hall–Kier alpha value is -2.73. The molecule has 24 heteroatoms. The predicted octanol–water partition coefficient (Wildman–Crippen LogP) is -1.59. The molecule has 0 radical (unpaired) electrons. The van der Waals surface area contributed by atoms with Crippen molar-refractivity contribution in [2.24, 2.45) is 13.5 Å². The standard InChI is InChI=1S/C18H36N9O12P3/c1-34-13(28)7-19-40(20-8-14(29)35-2)25-41(21-9-15(30)36-3,22-10-16(31)37-4)27-42(26-40,23-11-17(32)38-5)24-12-18(33)39-6/h19-24H,7-12H2,1-6H3. The summed E-state index contributed by atoms with van der Waals surface area (Å²) in [6.45, 7) is -2.96. The highest BCUT2D eigenvalue weighted by atomic mass is 31.3. The van der Waals surface area contributed by atoms with Crippen molar-refractivity contribution < 1.29 is 57.2 Å². The van der Waals surface area contributed by atoms with E-state index in [1.165, 1.54) is 0 Å². The van der Waals surface area contributed by atoms with Gasteiger partial charge in [0.05, 0.1) is 42.7 Å². The van der Waals surface area contributed by atoms with Gasteiger partial charge in [-0.25, -0.2) is 30.5 Å². The number of nitrogens with zero attached hydrogens (tertiary/aromatic N) is 3. The molecular formula is C18H36N9O12P3. The van der Waals surface area contributed by atoms with Gasteiger partial charge < -0.3 is 28.4 Å². The first-order valence-electron chi connectivity index (χ1n) is 11.7. The van der Waals surface area contributed by atoms with Gasteiger partial charge in [-0.2, -0.15) is 13.5 Å². The summed E-state index contributed by atoms with van der Waals surface area (Å²) in [5.74, 6) is -4.47. The first-order valence-corrected chi connectivity index (χ1v) is 16.8. The van der Waals surface area contributed by atoms with Crippen molar-refractivity contribution in [1.29, 1.82) is 0 Å². The molecule has 1 aliphatic heterocycles. The smallest absolute Gasteiger partial charge is 0.320 e. The lowest BCUT2D eigenvalue weighted by molar-refractivity contribution is -0.140. The summed E-state index contributed by atoms with van der Waals surface area (Å²) in [7, 11) is -4.39. The van der Waals surface area contributed by atoms with E-state index in [4.69, 9.17) is 28.4 Å². The fraction of sp³-hybridized carbons (Fsp3) is 0.667. The summed E-state index contributed by atoms with van der Waals surface area (Å²) in [6, 6.07) is 0. The van der Waals surface area contributed by atoms with Crippen molar-refractivity contribution in [3.8, 4) is 0 Å². The van der Waals surface area contributed by atoms with Gasteiger partial charge in [-0.1, -0.05) is 0 Å². The van der Waals surface area contributed by atoms with E-state index < -0.39 is 97.6 Å². The van der Waals surface area contributed by atoms with Crippen molar-refractivity contribution in [2.75, 3.05) is 81.9 Å². The number of ether oxygens (including phenoxy) is 6. The van der Waals surface area contributed by atoms with Gasteiger partial charge in [-0.3, -0.25) is 28.8 Å². The molecule has 1 heterocycles. The van der Waals surface area contributed by atoms with E-state index in [1.54, 1.807) is 0 Å². The van der Waals surface area contributed by atoms with E-state index in [1.807, 2.05) is 0 Å². The zero-order valence-corrected chi connectivity index (χ0v) is 26.5. The summed E-state index contributed by atoms with van der Waals surface area (Å²) in [5, 5.41) is 17.0. The largest absolute Gasteiger partial charge is 0.468 e. The summed E-state index contributed by atoms with van der Waals surface area (Å²) >= 11 is 0. The third-order valence-corrected chi connectivity index (χ3v) is 14.6. The Labute approximate surface area is 241 Å². The van der Waals surface area contributed by atoms with E-state index >= 15 is 0 Å². The third-order valence-electron chi connectivity index (χ3n) is 4.81. The molecule has 0 saturated heterocycles. The van der Waals surface area contributed by atoms with Gasteiger partial charge in [0.15, 0.2) is 0 Å². The maximum absolute atomic E-state index is 12.1. The molecule has 6 N–H and O–H groups in total. The summed E-state index contributed by atoms with van der Waals surface area (Å²) in [5.41, 5.74) is 0. The van der Waals surface area contributed by atoms with E-state index in [9.17, 15) is 28.8 Å². The van der Waals surface area contributed by atoms with Gasteiger partial charge in [-0.15, -0.1) is 0 Å². The van der Waals surface area contributed by atoms with Crippen LogP contribution in [0.25, 0.3) is 0 Å². The summed E-state index contributed by atoms with van der Waals surface area (Å²) in [6.07, 6.45) is 0. The minimum absolute atomic E-state index is 0.493. The molecule has 0 unspecified atom stereocenters. The lowest BCUT2D eigenvalue weighted by atomic mass is 10.7. The van der Waals surface area contributed by atoms with Crippen LogP contribution in [0.3, 0.4) is 0 Å². The van der Waals surface area contributed by atoms with Crippen LogP contribution in [0, 0.1) is 0 Å². The molecule has 1 aliphatic rings. The molecule has 42 heavy (non-hydrogen) atoms. The molecule has 0 atom stereocenters. The quantitative estimate of drug-likeness (QED) is 0.0548. The number of nitrogens with one attached hydrogen (secondary N) is 6. The molecule has 21 nitrogen and oxygen atoms in total. The van der Waals surface area contributed by atoms with Crippen LogP contribution >= 0.6 is 22.5 Å². The van der Waals surface area contributed by atoms with Crippen LogP contribution in [0.1, 0.15) is 0 Å². The molecule has 0 amide bonds. The number of carbonyl (C=O) groups is 6. The fourth-order valence-corrected chi connectivity index (χ4v) is 14.0. The summed E-state index contributed by atoms with van der Waals surface area (Å²) < 4.78 is 42.3. The van der Waals surface area contributed by atoms with Crippen LogP contribution in [0.2, 0.25) is 0 Å². The zero-order chi connectivity index (χ0) is 31.8. The lowest BCUT2D eigenvalue weighted by Crippen LogP contribution is -2.37. The Bertz CT molecular complexity index is 964. The highest BCUT2D eigenvalue weighted by Crippen LogP contribution is 2.70. The molecule has 1 rings (SSSR count). The molecule has 0 aromatic carbocycles. The average Bonchev–Trinajstić information content (AvgIpc) is 3.01. The highest BCUT2D eigenvalue weighted by molar-refractivity contribution is 7.83. The zero-order valence-electron chi connectivity index (χ0n) is 23.8. The van der Waals surface area contributed by atoms with Gasteiger partial charge in [0, 0.05) is 0 Å². The third kappa shape index (κ3) is 12.2. The Balaban J connectivity index is 4.10. The second-order valence-corrected chi connectivity index (χ2v) is 15.2. The van der Waals surface area contributed by atoms with Crippen molar-refractivity contribution >= 4 is 58.3 Å². The van der Waals surface area contributed by atoms with E-state index in [0.29, 0.717) is 0 Å². The van der Waals surface area contributed by atoms with Crippen molar-refractivity contribution in [2.45, 2.75) is 0 Å². The van der Waals surface area contributed by atoms with E-state index in [2.05, 4.69) is 44.1 Å². The predicted molar refractivity (Wildman–Crippen MR) is 148 cm³/mol. The number of esters is 6. The van der Waals surface area contributed by atoms with Crippen LogP contribution in [0.5, 0.6) is 0 Å². The van der Waals surface area contributed by atoms with Gasteiger partial charge in [0.25, 0.3) is 0 Å². The molecule has 0 saturated carbocycles. The molecule has 0 fully saturated rings. The maximum Gasteiger partial charge on any atom is 0.320 e. The molecule has 0 aliphatic carbocycles. The molecule has 0 bridgehead atoms. The maximum atomic E-state index is 12.1. The van der Waals surface area contributed by atoms with Crippen molar-refractivity contribution in [1.82, 2.24) is 30.5 Å². The van der Waals surface area contributed by atoms with Crippen LogP contribution < -0.4 is 30.5 Å². The van der Waals surface area contributed by atoms with E-state index in [0.717, 1.165) is 42.7 Å². The first kappa shape index (κ1) is 37.3. The summed E-state index contributed by atoms with van der Waals surface area (Å²) in [4.78, 5) is 72.9. The van der Waals surface area contributed by atoms with Crippen molar-refractivity contribution in [3.63, 3.8) is 0 Å². The Morgan fingerprint density at radius 3 is 0.643 bits per heavy atom. The van der Waals surface area contributed by atoms with Gasteiger partial charge in [0.2, 0.25) is 22.5 Å². The number of hydrogen-bond donors (Lipinski definition) is 6. The normalized spacial score (nSPS) is 15.9. The molecule has 0 aromatic heterocycles. The second kappa shape index (κ2) is 18.0. The molecule has 240 valence electrons.